The molecular formula is C12H11F3N4O3S. The number of esters is 1. The molecule has 0 aliphatic rings. The van der Waals surface area contributed by atoms with Gasteiger partial charge < -0.3 is 10.1 Å². The highest BCUT2D eigenvalue weighted by Crippen LogP contribution is 2.27. The highest BCUT2D eigenvalue weighted by Gasteiger charge is 2.33. The molecule has 2 aromatic heterocycles. The number of hydrogen-bond acceptors (Lipinski definition) is 6. The molecule has 1 amide bonds. The molecule has 124 valence electrons. The summed E-state index contributed by atoms with van der Waals surface area (Å²) in [6, 6.07) is 0.771. The second-order valence-corrected chi connectivity index (χ2v) is 5.24. The van der Waals surface area contributed by atoms with Crippen LogP contribution in [-0.2, 0) is 33.7 Å². The number of anilines is 1. The molecule has 0 aromatic carbocycles. The molecule has 2 aromatic rings. The summed E-state index contributed by atoms with van der Waals surface area (Å²) in [6.07, 6.45) is -3.52. The molecule has 0 spiro atoms. The van der Waals surface area contributed by atoms with Crippen molar-refractivity contribution in [3.63, 3.8) is 0 Å². The Balaban J connectivity index is 1.84. The van der Waals surface area contributed by atoms with Crippen molar-refractivity contribution in [1.82, 2.24) is 14.8 Å². The van der Waals surface area contributed by atoms with Crippen LogP contribution in [0.2, 0.25) is 0 Å². The summed E-state index contributed by atoms with van der Waals surface area (Å²) >= 11 is 1.16. The van der Waals surface area contributed by atoms with Crippen LogP contribution in [0.25, 0.3) is 0 Å². The molecule has 1 N–H and O–H groups in total. The first-order valence-corrected chi connectivity index (χ1v) is 7.10. The number of thiazole rings is 1. The zero-order valence-electron chi connectivity index (χ0n) is 11.8. The van der Waals surface area contributed by atoms with Crippen molar-refractivity contribution in [3.8, 4) is 0 Å². The number of amides is 1. The number of alkyl halides is 3. The molecule has 0 aliphatic carbocycles. The molecular weight excluding hydrogens is 337 g/mol. The van der Waals surface area contributed by atoms with E-state index in [9.17, 15) is 22.8 Å². The van der Waals surface area contributed by atoms with E-state index in [1.54, 1.807) is 5.38 Å². The van der Waals surface area contributed by atoms with Gasteiger partial charge in [-0.15, -0.1) is 11.3 Å². The first-order chi connectivity index (χ1) is 10.7. The maximum absolute atomic E-state index is 12.4. The fourth-order valence-electron chi connectivity index (χ4n) is 1.51. The lowest BCUT2D eigenvalue weighted by Crippen LogP contribution is -2.15. The Morgan fingerprint density at radius 3 is 2.78 bits per heavy atom. The van der Waals surface area contributed by atoms with Crippen molar-refractivity contribution in [2.24, 2.45) is 0 Å². The quantitative estimate of drug-likeness (QED) is 0.836. The summed E-state index contributed by atoms with van der Waals surface area (Å²) in [7, 11) is 0. The molecule has 0 saturated carbocycles. The van der Waals surface area contributed by atoms with Gasteiger partial charge in [-0.1, -0.05) is 0 Å². The van der Waals surface area contributed by atoms with E-state index in [0.717, 1.165) is 28.3 Å². The maximum Gasteiger partial charge on any atom is 0.435 e. The van der Waals surface area contributed by atoms with Crippen molar-refractivity contribution in [3.05, 3.63) is 29.0 Å². The standard InChI is InChI=1S/C12H11F3N4O3S/c1-7(20)16-11-17-8(6-23-11)5-22-10(21)4-19-3-2-9(18-19)12(13,14)15/h2-3,6H,4-5H2,1H3,(H,16,17,20). The van der Waals surface area contributed by atoms with Crippen molar-refractivity contribution >= 4 is 28.3 Å². The molecule has 0 radical (unpaired) electrons. The van der Waals surface area contributed by atoms with Gasteiger partial charge in [-0.2, -0.15) is 18.3 Å². The van der Waals surface area contributed by atoms with Crippen LogP contribution in [0, 0.1) is 0 Å². The number of nitrogens with one attached hydrogen (secondary N) is 1. The van der Waals surface area contributed by atoms with Gasteiger partial charge in [-0.05, 0) is 6.07 Å². The molecule has 2 heterocycles. The van der Waals surface area contributed by atoms with Crippen molar-refractivity contribution < 1.29 is 27.5 Å². The van der Waals surface area contributed by atoms with Gasteiger partial charge in [0.25, 0.3) is 0 Å². The Morgan fingerprint density at radius 2 is 2.17 bits per heavy atom. The zero-order valence-corrected chi connectivity index (χ0v) is 12.6. The summed E-state index contributed by atoms with van der Waals surface area (Å²) in [5, 5.41) is 7.68. The van der Waals surface area contributed by atoms with Crippen LogP contribution >= 0.6 is 11.3 Å². The van der Waals surface area contributed by atoms with Crippen LogP contribution in [0.1, 0.15) is 18.3 Å². The first kappa shape index (κ1) is 16.9. The molecule has 23 heavy (non-hydrogen) atoms. The average Bonchev–Trinajstić information content (AvgIpc) is 3.04. The second-order valence-electron chi connectivity index (χ2n) is 4.38. The van der Waals surface area contributed by atoms with Crippen molar-refractivity contribution in [1.29, 1.82) is 0 Å². The van der Waals surface area contributed by atoms with E-state index in [4.69, 9.17) is 4.74 Å². The van der Waals surface area contributed by atoms with Gasteiger partial charge in [0.2, 0.25) is 5.91 Å². The summed E-state index contributed by atoms with van der Waals surface area (Å²) < 4.78 is 42.9. The predicted molar refractivity (Wildman–Crippen MR) is 73.4 cm³/mol. The zero-order chi connectivity index (χ0) is 17.0. The number of carbonyl (C=O) groups is 2. The van der Waals surface area contributed by atoms with Gasteiger partial charge >= 0.3 is 12.1 Å². The van der Waals surface area contributed by atoms with Gasteiger partial charge in [0, 0.05) is 18.5 Å². The highest BCUT2D eigenvalue weighted by atomic mass is 32.1. The fourth-order valence-corrected chi connectivity index (χ4v) is 2.26. The Labute approximate surface area is 132 Å². The Kier molecular flexibility index (Phi) is 4.98. The minimum absolute atomic E-state index is 0.150. The van der Waals surface area contributed by atoms with Gasteiger partial charge in [0.05, 0.1) is 5.69 Å². The van der Waals surface area contributed by atoms with Gasteiger partial charge in [0.1, 0.15) is 13.2 Å². The predicted octanol–water partition coefficient (Wildman–Crippen LogP) is 2.06. The number of nitrogens with zero attached hydrogens (tertiary/aromatic N) is 3. The minimum Gasteiger partial charge on any atom is -0.458 e. The van der Waals surface area contributed by atoms with Gasteiger partial charge in [0.15, 0.2) is 10.8 Å². The van der Waals surface area contributed by atoms with E-state index in [-0.39, 0.29) is 12.5 Å². The normalized spacial score (nSPS) is 11.3. The summed E-state index contributed by atoms with van der Waals surface area (Å²) in [5.74, 6) is -1.03. The van der Waals surface area contributed by atoms with Gasteiger partial charge in [-0.25, -0.2) is 4.98 Å². The lowest BCUT2D eigenvalue weighted by atomic mass is 10.4. The Hall–Kier alpha value is -2.43. The number of rotatable bonds is 5. The summed E-state index contributed by atoms with van der Waals surface area (Å²) in [6.45, 7) is 0.738. The molecule has 0 fully saturated rings. The largest absolute Gasteiger partial charge is 0.458 e. The van der Waals surface area contributed by atoms with Crippen LogP contribution in [-0.4, -0.2) is 26.6 Å². The monoisotopic (exact) mass is 348 g/mol. The van der Waals surface area contributed by atoms with E-state index in [2.05, 4.69) is 15.4 Å². The lowest BCUT2D eigenvalue weighted by molar-refractivity contribution is -0.147. The van der Waals surface area contributed by atoms with E-state index in [0.29, 0.717) is 10.8 Å². The lowest BCUT2D eigenvalue weighted by Gasteiger charge is -2.04. The van der Waals surface area contributed by atoms with Crippen molar-refractivity contribution in [2.75, 3.05) is 5.32 Å². The number of aromatic nitrogens is 3. The SMILES string of the molecule is CC(=O)Nc1nc(COC(=O)Cn2ccc(C(F)(F)F)n2)cs1. The van der Waals surface area contributed by atoms with Crippen LogP contribution < -0.4 is 5.32 Å². The third-order valence-electron chi connectivity index (χ3n) is 2.44. The third kappa shape index (κ3) is 5.06. The van der Waals surface area contributed by atoms with E-state index in [1.807, 2.05) is 0 Å². The third-order valence-corrected chi connectivity index (χ3v) is 3.24. The van der Waals surface area contributed by atoms with Crippen molar-refractivity contribution in [2.45, 2.75) is 26.3 Å². The number of halogens is 3. The molecule has 2 rings (SSSR count). The summed E-state index contributed by atoms with van der Waals surface area (Å²) in [4.78, 5) is 26.4. The Bertz CT molecular complexity index is 710. The molecule has 7 nitrogen and oxygen atoms in total. The molecule has 0 bridgehead atoms. The van der Waals surface area contributed by atoms with Crippen LogP contribution in [0.4, 0.5) is 18.3 Å². The average molecular weight is 348 g/mol. The number of carbonyl (C=O) groups excluding carboxylic acids is 2. The smallest absolute Gasteiger partial charge is 0.435 e. The first-order valence-electron chi connectivity index (χ1n) is 6.22. The molecule has 0 unspecified atom stereocenters. The fraction of sp³-hybridized carbons (Fsp3) is 0.333. The van der Waals surface area contributed by atoms with Crippen LogP contribution in [0.15, 0.2) is 17.6 Å². The maximum atomic E-state index is 12.4. The highest BCUT2D eigenvalue weighted by molar-refractivity contribution is 7.13. The van der Waals surface area contributed by atoms with Crippen LogP contribution in [0.3, 0.4) is 0 Å². The second kappa shape index (κ2) is 6.77. The number of ether oxygens (including phenoxy) is 1. The van der Waals surface area contributed by atoms with E-state index in [1.165, 1.54) is 6.92 Å². The van der Waals surface area contributed by atoms with Crippen LogP contribution in [0.5, 0.6) is 0 Å². The molecule has 11 heteroatoms. The topological polar surface area (TPSA) is 86.1 Å². The molecule has 0 saturated heterocycles. The van der Waals surface area contributed by atoms with E-state index < -0.39 is 24.4 Å². The molecule has 0 atom stereocenters. The number of hydrogen-bond donors (Lipinski definition) is 1. The molecule has 0 aliphatic heterocycles. The Morgan fingerprint density at radius 1 is 1.43 bits per heavy atom. The minimum atomic E-state index is -4.56. The van der Waals surface area contributed by atoms with Gasteiger partial charge in [-0.3, -0.25) is 14.3 Å². The summed E-state index contributed by atoms with van der Waals surface area (Å²) in [5.41, 5.74) is -0.659. The van der Waals surface area contributed by atoms with E-state index >= 15 is 0 Å².